The van der Waals surface area contributed by atoms with E-state index in [-0.39, 0.29) is 0 Å². The number of ether oxygens (including phenoxy) is 1. The Kier molecular flexibility index (Phi) is 4.44. The number of hydrogen-bond acceptors (Lipinski definition) is 5. The largest absolute Gasteiger partial charge is 0.381 e. The van der Waals surface area contributed by atoms with Crippen LogP contribution in [-0.4, -0.2) is 40.0 Å². The maximum atomic E-state index is 5.36. The minimum atomic E-state index is 0.558. The molecule has 0 radical (unpaired) electrons. The van der Waals surface area contributed by atoms with Gasteiger partial charge in [0.2, 0.25) is 0 Å². The van der Waals surface area contributed by atoms with Gasteiger partial charge in [0, 0.05) is 19.1 Å². The van der Waals surface area contributed by atoms with Crippen LogP contribution in [0.5, 0.6) is 0 Å². The number of hydrogen-bond donors (Lipinski definition) is 1. The van der Waals surface area contributed by atoms with Crippen molar-refractivity contribution in [1.29, 1.82) is 0 Å². The molecule has 0 saturated carbocycles. The molecule has 2 rings (SSSR count). The molecule has 1 aromatic heterocycles. The summed E-state index contributed by atoms with van der Waals surface area (Å²) in [5.41, 5.74) is 0. The van der Waals surface area contributed by atoms with Crippen molar-refractivity contribution in [1.82, 2.24) is 25.5 Å². The van der Waals surface area contributed by atoms with E-state index in [1.54, 1.807) is 0 Å². The second kappa shape index (κ2) is 6.07. The summed E-state index contributed by atoms with van der Waals surface area (Å²) in [6, 6.07) is 0. The topological polar surface area (TPSA) is 64.9 Å². The summed E-state index contributed by atoms with van der Waals surface area (Å²) in [4.78, 5) is 0. The Balaban J connectivity index is 1.83. The molecule has 2 heterocycles. The number of nitrogens with one attached hydrogen (secondary N) is 1. The molecule has 1 aromatic rings. The van der Waals surface area contributed by atoms with E-state index in [9.17, 15) is 0 Å². The normalized spacial score (nSPS) is 20.3. The molecule has 1 aliphatic rings. The number of tetrazole rings is 1. The molecule has 1 saturated heterocycles. The fourth-order valence-electron chi connectivity index (χ4n) is 1.94. The lowest BCUT2D eigenvalue weighted by atomic mass is 10.1. The van der Waals surface area contributed by atoms with Gasteiger partial charge in [-0.1, -0.05) is 13.8 Å². The zero-order valence-electron chi connectivity index (χ0n) is 10.6. The van der Waals surface area contributed by atoms with Gasteiger partial charge in [-0.3, -0.25) is 0 Å². The standard InChI is InChI=1S/C11H21N5O/c1-9(2)5-12-6-11-13-14-15-16(11)7-10-3-4-17-8-10/h9-10,12H,3-8H2,1-2H3. The molecule has 1 N–H and O–H groups in total. The molecule has 1 fully saturated rings. The zero-order chi connectivity index (χ0) is 12.1. The first-order chi connectivity index (χ1) is 8.25. The highest BCUT2D eigenvalue weighted by molar-refractivity contribution is 4.81. The highest BCUT2D eigenvalue weighted by atomic mass is 16.5. The van der Waals surface area contributed by atoms with E-state index in [1.807, 2.05) is 4.68 Å². The first-order valence-corrected chi connectivity index (χ1v) is 6.29. The summed E-state index contributed by atoms with van der Waals surface area (Å²) >= 11 is 0. The highest BCUT2D eigenvalue weighted by Gasteiger charge is 2.18. The first kappa shape index (κ1) is 12.4. The molecule has 0 spiro atoms. The maximum Gasteiger partial charge on any atom is 0.165 e. The van der Waals surface area contributed by atoms with Gasteiger partial charge in [-0.25, -0.2) is 4.68 Å². The Morgan fingerprint density at radius 2 is 2.41 bits per heavy atom. The van der Waals surface area contributed by atoms with Gasteiger partial charge in [0.1, 0.15) is 0 Å². The highest BCUT2D eigenvalue weighted by Crippen LogP contribution is 2.14. The molecule has 0 aliphatic carbocycles. The van der Waals surface area contributed by atoms with Crippen molar-refractivity contribution in [2.24, 2.45) is 11.8 Å². The molecule has 0 bridgehead atoms. The van der Waals surface area contributed by atoms with Gasteiger partial charge in [0.15, 0.2) is 5.82 Å². The van der Waals surface area contributed by atoms with E-state index in [0.717, 1.165) is 45.1 Å². The summed E-state index contributed by atoms with van der Waals surface area (Å²) in [5, 5.41) is 15.2. The van der Waals surface area contributed by atoms with Gasteiger partial charge >= 0.3 is 0 Å². The second-order valence-electron chi connectivity index (χ2n) is 5.03. The number of nitrogens with zero attached hydrogens (tertiary/aromatic N) is 4. The lowest BCUT2D eigenvalue weighted by Crippen LogP contribution is -2.23. The average Bonchev–Trinajstić information content (AvgIpc) is 2.91. The van der Waals surface area contributed by atoms with Gasteiger partial charge in [0.05, 0.1) is 13.2 Å². The Labute approximate surface area is 102 Å². The summed E-state index contributed by atoms with van der Waals surface area (Å²) in [6.07, 6.45) is 1.11. The van der Waals surface area contributed by atoms with E-state index < -0.39 is 0 Å². The Morgan fingerprint density at radius 1 is 1.53 bits per heavy atom. The van der Waals surface area contributed by atoms with Crippen LogP contribution >= 0.6 is 0 Å². The van der Waals surface area contributed by atoms with Gasteiger partial charge in [-0.15, -0.1) is 5.10 Å². The minimum Gasteiger partial charge on any atom is -0.381 e. The van der Waals surface area contributed by atoms with Gasteiger partial charge in [-0.05, 0) is 29.3 Å². The average molecular weight is 239 g/mol. The van der Waals surface area contributed by atoms with Crippen molar-refractivity contribution in [3.05, 3.63) is 5.82 Å². The Morgan fingerprint density at radius 3 is 3.12 bits per heavy atom. The van der Waals surface area contributed by atoms with Crippen molar-refractivity contribution >= 4 is 0 Å². The summed E-state index contributed by atoms with van der Waals surface area (Å²) in [6.45, 7) is 8.66. The molecule has 6 nitrogen and oxygen atoms in total. The third-order valence-electron chi connectivity index (χ3n) is 2.90. The lowest BCUT2D eigenvalue weighted by Gasteiger charge is -2.10. The van der Waals surface area contributed by atoms with E-state index in [4.69, 9.17) is 4.74 Å². The third-order valence-corrected chi connectivity index (χ3v) is 2.90. The van der Waals surface area contributed by atoms with E-state index in [1.165, 1.54) is 0 Å². The van der Waals surface area contributed by atoms with Crippen LogP contribution in [0.3, 0.4) is 0 Å². The summed E-state index contributed by atoms with van der Waals surface area (Å²) in [7, 11) is 0. The van der Waals surface area contributed by atoms with Gasteiger partial charge in [-0.2, -0.15) is 0 Å². The smallest absolute Gasteiger partial charge is 0.165 e. The van der Waals surface area contributed by atoms with Crippen LogP contribution in [0.15, 0.2) is 0 Å². The van der Waals surface area contributed by atoms with Crippen molar-refractivity contribution in [3.8, 4) is 0 Å². The predicted molar refractivity (Wildman–Crippen MR) is 63.3 cm³/mol. The lowest BCUT2D eigenvalue weighted by molar-refractivity contribution is 0.181. The fraction of sp³-hybridized carbons (Fsp3) is 0.909. The molecule has 1 aliphatic heterocycles. The molecule has 96 valence electrons. The zero-order valence-corrected chi connectivity index (χ0v) is 10.6. The fourth-order valence-corrected chi connectivity index (χ4v) is 1.94. The quantitative estimate of drug-likeness (QED) is 0.781. The molecular weight excluding hydrogens is 218 g/mol. The van der Waals surface area contributed by atoms with Crippen LogP contribution in [0.2, 0.25) is 0 Å². The Bertz CT molecular complexity index is 332. The molecule has 6 heteroatoms. The van der Waals surface area contributed by atoms with Crippen molar-refractivity contribution < 1.29 is 4.74 Å². The van der Waals surface area contributed by atoms with Gasteiger partial charge < -0.3 is 10.1 Å². The van der Waals surface area contributed by atoms with Crippen LogP contribution < -0.4 is 5.32 Å². The van der Waals surface area contributed by atoms with Gasteiger partial charge in [0.25, 0.3) is 0 Å². The molecule has 0 aromatic carbocycles. The summed E-state index contributed by atoms with van der Waals surface area (Å²) in [5.74, 6) is 2.11. The van der Waals surface area contributed by atoms with E-state index >= 15 is 0 Å². The molecule has 1 unspecified atom stereocenters. The van der Waals surface area contributed by atoms with Crippen LogP contribution in [0.4, 0.5) is 0 Å². The van der Waals surface area contributed by atoms with Crippen molar-refractivity contribution in [2.75, 3.05) is 19.8 Å². The Hall–Kier alpha value is -1.01. The molecule has 17 heavy (non-hydrogen) atoms. The molecular formula is C11H21N5O. The maximum absolute atomic E-state index is 5.36. The molecule has 0 amide bonds. The second-order valence-corrected chi connectivity index (χ2v) is 5.03. The minimum absolute atomic E-state index is 0.558. The molecule has 1 atom stereocenters. The summed E-state index contributed by atoms with van der Waals surface area (Å²) < 4.78 is 7.26. The van der Waals surface area contributed by atoms with Crippen LogP contribution in [-0.2, 0) is 17.8 Å². The van der Waals surface area contributed by atoms with Crippen LogP contribution in [0.25, 0.3) is 0 Å². The third kappa shape index (κ3) is 3.74. The monoisotopic (exact) mass is 239 g/mol. The van der Waals surface area contributed by atoms with Crippen molar-refractivity contribution in [3.63, 3.8) is 0 Å². The van der Waals surface area contributed by atoms with E-state index in [0.29, 0.717) is 11.8 Å². The predicted octanol–water partition coefficient (Wildman–Crippen LogP) is 0.455. The van der Waals surface area contributed by atoms with Crippen LogP contribution in [0, 0.1) is 11.8 Å². The number of aromatic nitrogens is 4. The van der Waals surface area contributed by atoms with E-state index in [2.05, 4.69) is 34.7 Å². The van der Waals surface area contributed by atoms with Crippen molar-refractivity contribution in [2.45, 2.75) is 33.4 Å². The van der Waals surface area contributed by atoms with Crippen LogP contribution in [0.1, 0.15) is 26.1 Å². The first-order valence-electron chi connectivity index (χ1n) is 6.29. The SMILES string of the molecule is CC(C)CNCc1nnnn1CC1CCOC1. The number of rotatable bonds is 6.